The molecule has 0 bridgehead atoms. The number of aromatic nitrogens is 1. The fourth-order valence-corrected chi connectivity index (χ4v) is 3.82. The molecule has 2 heterocycles. The number of aryl methyl sites for hydroxylation is 1. The molecule has 0 aliphatic carbocycles. The van der Waals surface area contributed by atoms with Crippen LogP contribution in [-0.2, 0) is 0 Å². The van der Waals surface area contributed by atoms with Gasteiger partial charge in [-0.1, -0.05) is 18.2 Å². The molecule has 1 fully saturated rings. The first-order valence-electron chi connectivity index (χ1n) is 8.98. The van der Waals surface area contributed by atoms with Crippen molar-refractivity contribution in [3.8, 4) is 6.07 Å². The van der Waals surface area contributed by atoms with Gasteiger partial charge >= 0.3 is 5.76 Å². The van der Waals surface area contributed by atoms with E-state index in [1.54, 1.807) is 39.8 Å². The number of carbonyl (C=O) groups is 1. The maximum absolute atomic E-state index is 12.7. The second kappa shape index (κ2) is 6.76. The van der Waals surface area contributed by atoms with Crippen LogP contribution in [0.4, 0.5) is 0 Å². The lowest BCUT2D eigenvalue weighted by Crippen LogP contribution is -2.40. The number of hydrogen-bond donors (Lipinski definition) is 0. The Labute approximate surface area is 156 Å². The number of carbonyl (C=O) groups excluding carboxylic acids is 1. The lowest BCUT2D eigenvalue weighted by atomic mass is 10.0. The summed E-state index contributed by atoms with van der Waals surface area (Å²) in [5, 5.41) is 9.01. The minimum atomic E-state index is -0.342. The second-order valence-electron chi connectivity index (χ2n) is 6.88. The molecule has 1 amide bonds. The molecule has 136 valence electrons. The summed E-state index contributed by atoms with van der Waals surface area (Å²) in [5.41, 5.74) is 3.45. The Balaban J connectivity index is 1.55. The van der Waals surface area contributed by atoms with Gasteiger partial charge < -0.3 is 9.32 Å². The quantitative estimate of drug-likeness (QED) is 0.702. The van der Waals surface area contributed by atoms with Gasteiger partial charge in [0.1, 0.15) is 0 Å². The predicted octanol–water partition coefficient (Wildman–Crippen LogP) is 3.25. The number of hydrogen-bond acceptors (Lipinski definition) is 4. The van der Waals surface area contributed by atoms with Gasteiger partial charge in [0.2, 0.25) is 0 Å². The van der Waals surface area contributed by atoms with Crippen LogP contribution in [0.25, 0.3) is 11.1 Å². The number of fused-ring (bicyclic) bond motifs is 1. The highest BCUT2D eigenvalue weighted by Gasteiger charge is 2.27. The third-order valence-corrected chi connectivity index (χ3v) is 5.19. The molecule has 0 N–H and O–H groups in total. The zero-order valence-electron chi connectivity index (χ0n) is 15.0. The van der Waals surface area contributed by atoms with Gasteiger partial charge in [-0.2, -0.15) is 5.26 Å². The van der Waals surface area contributed by atoms with Crippen molar-refractivity contribution in [2.45, 2.75) is 25.8 Å². The van der Waals surface area contributed by atoms with Gasteiger partial charge in [0.05, 0.1) is 17.1 Å². The molecular weight excluding hydrogens is 342 g/mol. The number of nitriles is 1. The van der Waals surface area contributed by atoms with Crippen molar-refractivity contribution < 1.29 is 9.21 Å². The van der Waals surface area contributed by atoms with E-state index in [1.807, 2.05) is 19.1 Å². The van der Waals surface area contributed by atoms with Gasteiger partial charge in [-0.05, 0) is 49.6 Å². The SMILES string of the molecule is Cc1cccc2oc(=O)n(C3CCN(C(=O)c4cccc(C#N)c4)CC3)c12. The molecule has 1 aromatic heterocycles. The van der Waals surface area contributed by atoms with Crippen LogP contribution in [-0.4, -0.2) is 28.5 Å². The van der Waals surface area contributed by atoms with Crippen LogP contribution in [0.1, 0.15) is 40.4 Å². The van der Waals surface area contributed by atoms with Gasteiger partial charge in [-0.3, -0.25) is 9.36 Å². The number of nitrogens with zero attached hydrogens (tertiary/aromatic N) is 3. The zero-order chi connectivity index (χ0) is 19.0. The Kier molecular flexibility index (Phi) is 4.28. The summed E-state index contributed by atoms with van der Waals surface area (Å²) < 4.78 is 7.14. The lowest BCUT2D eigenvalue weighted by Gasteiger charge is -2.32. The van der Waals surface area contributed by atoms with E-state index in [0.717, 1.165) is 11.1 Å². The van der Waals surface area contributed by atoms with Crippen LogP contribution >= 0.6 is 0 Å². The maximum atomic E-state index is 12.7. The zero-order valence-corrected chi connectivity index (χ0v) is 15.0. The number of likely N-dealkylation sites (tertiary alicyclic amines) is 1. The van der Waals surface area contributed by atoms with Crippen molar-refractivity contribution in [1.82, 2.24) is 9.47 Å². The van der Waals surface area contributed by atoms with Crippen LogP contribution in [0.15, 0.2) is 51.7 Å². The largest absolute Gasteiger partial charge is 0.420 e. The Hall–Kier alpha value is -3.33. The van der Waals surface area contributed by atoms with E-state index in [0.29, 0.717) is 42.6 Å². The van der Waals surface area contributed by atoms with Gasteiger partial charge in [0.15, 0.2) is 5.58 Å². The van der Waals surface area contributed by atoms with Gasteiger partial charge in [-0.15, -0.1) is 0 Å². The summed E-state index contributed by atoms with van der Waals surface area (Å²) in [6.07, 6.45) is 1.37. The molecule has 6 nitrogen and oxygen atoms in total. The monoisotopic (exact) mass is 361 g/mol. The van der Waals surface area contributed by atoms with E-state index in [2.05, 4.69) is 6.07 Å². The van der Waals surface area contributed by atoms with Crippen LogP contribution in [0.5, 0.6) is 0 Å². The average molecular weight is 361 g/mol. The Morgan fingerprint density at radius 3 is 2.67 bits per heavy atom. The smallest absolute Gasteiger partial charge is 0.408 e. The first-order valence-corrected chi connectivity index (χ1v) is 8.98. The van der Waals surface area contributed by atoms with Gasteiger partial charge in [0, 0.05) is 24.7 Å². The molecule has 0 atom stereocenters. The molecule has 0 radical (unpaired) electrons. The maximum Gasteiger partial charge on any atom is 0.420 e. The summed E-state index contributed by atoms with van der Waals surface area (Å²) in [7, 11) is 0. The lowest BCUT2D eigenvalue weighted by molar-refractivity contribution is 0.0693. The van der Waals surface area contributed by atoms with Crippen molar-refractivity contribution in [2.24, 2.45) is 0 Å². The van der Waals surface area contributed by atoms with E-state index in [4.69, 9.17) is 9.68 Å². The van der Waals surface area contributed by atoms with E-state index < -0.39 is 0 Å². The molecule has 27 heavy (non-hydrogen) atoms. The summed E-state index contributed by atoms with van der Waals surface area (Å²) in [5.74, 6) is -0.420. The predicted molar refractivity (Wildman–Crippen MR) is 101 cm³/mol. The standard InChI is InChI=1S/C21H19N3O3/c1-14-4-2-7-18-19(14)24(21(26)27-18)17-8-10-23(11-9-17)20(25)16-6-3-5-15(12-16)13-22/h2-7,12,17H,8-11H2,1H3. The van der Waals surface area contributed by atoms with Crippen LogP contribution in [0.3, 0.4) is 0 Å². The molecule has 1 saturated heterocycles. The van der Waals surface area contributed by atoms with Crippen molar-refractivity contribution >= 4 is 17.0 Å². The van der Waals surface area contributed by atoms with Crippen molar-refractivity contribution in [1.29, 1.82) is 5.26 Å². The minimum Gasteiger partial charge on any atom is -0.408 e. The first kappa shape index (κ1) is 17.1. The third kappa shape index (κ3) is 3.02. The van der Waals surface area contributed by atoms with Crippen LogP contribution < -0.4 is 5.76 Å². The number of para-hydroxylation sites is 1. The second-order valence-corrected chi connectivity index (χ2v) is 6.88. The topological polar surface area (TPSA) is 79.2 Å². The summed E-state index contributed by atoms with van der Waals surface area (Å²) in [4.78, 5) is 26.9. The molecule has 2 aromatic carbocycles. The molecule has 0 saturated carbocycles. The van der Waals surface area contributed by atoms with E-state index in [1.165, 1.54) is 0 Å². The number of rotatable bonds is 2. The molecule has 1 aliphatic heterocycles. The van der Waals surface area contributed by atoms with Crippen molar-refractivity contribution in [3.63, 3.8) is 0 Å². The molecule has 0 unspecified atom stereocenters. The minimum absolute atomic E-state index is 0.00865. The van der Waals surface area contributed by atoms with E-state index in [-0.39, 0.29) is 17.7 Å². The number of oxazole rings is 1. The molecule has 1 aliphatic rings. The Morgan fingerprint density at radius 1 is 1.19 bits per heavy atom. The highest BCUT2D eigenvalue weighted by Crippen LogP contribution is 2.28. The highest BCUT2D eigenvalue weighted by molar-refractivity contribution is 5.94. The summed E-state index contributed by atoms with van der Waals surface area (Å²) >= 11 is 0. The van der Waals surface area contributed by atoms with Crippen molar-refractivity contribution in [3.05, 3.63) is 69.7 Å². The third-order valence-electron chi connectivity index (χ3n) is 5.19. The van der Waals surface area contributed by atoms with Crippen LogP contribution in [0, 0.1) is 18.3 Å². The Morgan fingerprint density at radius 2 is 1.93 bits per heavy atom. The highest BCUT2D eigenvalue weighted by atomic mass is 16.4. The molecule has 4 rings (SSSR count). The fourth-order valence-electron chi connectivity index (χ4n) is 3.82. The van der Waals surface area contributed by atoms with Crippen LogP contribution in [0.2, 0.25) is 0 Å². The molecule has 3 aromatic rings. The van der Waals surface area contributed by atoms with E-state index in [9.17, 15) is 9.59 Å². The van der Waals surface area contributed by atoms with Crippen molar-refractivity contribution in [2.75, 3.05) is 13.1 Å². The van der Waals surface area contributed by atoms with E-state index >= 15 is 0 Å². The molecule has 6 heteroatoms. The fraction of sp³-hybridized carbons (Fsp3) is 0.286. The molecule has 0 spiro atoms. The van der Waals surface area contributed by atoms with Gasteiger partial charge in [-0.25, -0.2) is 4.79 Å². The Bertz CT molecular complexity index is 1110. The normalized spacial score (nSPS) is 15.0. The first-order chi connectivity index (χ1) is 13.1. The summed E-state index contributed by atoms with van der Waals surface area (Å²) in [6, 6.07) is 14.5. The number of amides is 1. The van der Waals surface area contributed by atoms with Gasteiger partial charge in [0.25, 0.3) is 5.91 Å². The summed E-state index contributed by atoms with van der Waals surface area (Å²) in [6.45, 7) is 3.09. The number of benzene rings is 2. The number of piperidine rings is 1. The average Bonchev–Trinajstić information content (AvgIpc) is 3.05. The molecular formula is C21H19N3O3.